The number of nitrogens with zero attached hydrogens (tertiary/aromatic N) is 3. The number of imidazole rings is 1. The molecule has 1 aromatic rings. The third-order valence-corrected chi connectivity index (χ3v) is 5.48. The fraction of sp³-hybridized carbons (Fsp3) is 0.722. The average molecular weight is 302 g/mol. The molecule has 2 heterocycles. The van der Waals surface area contributed by atoms with E-state index in [9.17, 15) is 0 Å². The third kappa shape index (κ3) is 3.44. The van der Waals surface area contributed by atoms with E-state index in [1.807, 2.05) is 18.5 Å². The summed E-state index contributed by atoms with van der Waals surface area (Å²) in [4.78, 5) is 13.2. The zero-order chi connectivity index (χ0) is 15.4. The Morgan fingerprint density at radius 3 is 2.91 bits per heavy atom. The van der Waals surface area contributed by atoms with Crippen LogP contribution in [0.1, 0.15) is 50.8 Å². The van der Waals surface area contributed by atoms with Gasteiger partial charge < -0.3 is 4.98 Å². The van der Waals surface area contributed by atoms with E-state index in [1.54, 1.807) is 0 Å². The predicted octanol–water partition coefficient (Wildman–Crippen LogP) is 3.02. The lowest BCUT2D eigenvalue weighted by molar-refractivity contribution is 0.0497. The summed E-state index contributed by atoms with van der Waals surface area (Å²) < 4.78 is 0. The number of hydrogen-bond acceptors (Lipinski definition) is 3. The summed E-state index contributed by atoms with van der Waals surface area (Å²) in [6, 6.07) is 1.27. The Bertz CT molecular complexity index is 456. The predicted molar refractivity (Wildman–Crippen MR) is 91.0 cm³/mol. The molecule has 122 valence electrons. The molecule has 0 amide bonds. The molecule has 4 nitrogen and oxygen atoms in total. The van der Waals surface area contributed by atoms with E-state index in [1.165, 1.54) is 51.0 Å². The van der Waals surface area contributed by atoms with Crippen LogP contribution in [0.5, 0.6) is 0 Å². The second-order valence-electron chi connectivity index (χ2n) is 6.91. The monoisotopic (exact) mass is 302 g/mol. The maximum atomic E-state index is 4.58. The number of aromatic nitrogens is 2. The molecule has 1 saturated heterocycles. The lowest BCUT2D eigenvalue weighted by Gasteiger charge is -2.44. The van der Waals surface area contributed by atoms with E-state index in [2.05, 4.69) is 33.3 Å². The van der Waals surface area contributed by atoms with Gasteiger partial charge in [-0.3, -0.25) is 9.80 Å². The van der Waals surface area contributed by atoms with Crippen LogP contribution >= 0.6 is 0 Å². The van der Waals surface area contributed by atoms with Crippen LogP contribution in [0.4, 0.5) is 0 Å². The topological polar surface area (TPSA) is 35.2 Å². The largest absolute Gasteiger partial charge is 0.348 e. The summed E-state index contributed by atoms with van der Waals surface area (Å²) >= 11 is 0. The first-order valence-corrected chi connectivity index (χ1v) is 8.88. The second kappa shape index (κ2) is 7.42. The van der Waals surface area contributed by atoms with Gasteiger partial charge in [0.05, 0.1) is 0 Å². The molecule has 3 unspecified atom stereocenters. The molecule has 0 radical (unpaired) electrons. The fourth-order valence-electron chi connectivity index (χ4n) is 4.29. The summed E-state index contributed by atoms with van der Waals surface area (Å²) in [5.41, 5.74) is 0. The highest BCUT2D eigenvalue weighted by atomic mass is 15.3. The molecule has 0 bridgehead atoms. The van der Waals surface area contributed by atoms with Crippen LogP contribution in [0.3, 0.4) is 0 Å². The second-order valence-corrected chi connectivity index (χ2v) is 6.91. The SMILES string of the molecule is C=CCN1CCN(C2CCCCCC2c2ncc[nH]2)CC1C. The smallest absolute Gasteiger partial charge is 0.110 e. The lowest BCUT2D eigenvalue weighted by Crippen LogP contribution is -2.55. The number of nitrogens with one attached hydrogen (secondary N) is 1. The molecular formula is C18H30N4. The van der Waals surface area contributed by atoms with Gasteiger partial charge >= 0.3 is 0 Å². The zero-order valence-electron chi connectivity index (χ0n) is 13.9. The van der Waals surface area contributed by atoms with Gasteiger partial charge in [0.1, 0.15) is 5.82 Å². The molecule has 0 aromatic carbocycles. The summed E-state index contributed by atoms with van der Waals surface area (Å²) in [7, 11) is 0. The Hall–Kier alpha value is -1.13. The molecule has 1 aliphatic heterocycles. The van der Waals surface area contributed by atoms with Crippen molar-refractivity contribution in [2.45, 2.75) is 57.0 Å². The van der Waals surface area contributed by atoms with Gasteiger partial charge in [-0.25, -0.2) is 4.98 Å². The van der Waals surface area contributed by atoms with Gasteiger partial charge in [-0.1, -0.05) is 25.3 Å². The van der Waals surface area contributed by atoms with Crippen LogP contribution < -0.4 is 0 Å². The maximum Gasteiger partial charge on any atom is 0.110 e. The first-order chi connectivity index (χ1) is 10.8. The minimum Gasteiger partial charge on any atom is -0.348 e. The zero-order valence-corrected chi connectivity index (χ0v) is 13.9. The Kier molecular flexibility index (Phi) is 5.32. The van der Waals surface area contributed by atoms with Crippen molar-refractivity contribution in [3.05, 3.63) is 30.9 Å². The van der Waals surface area contributed by atoms with E-state index in [4.69, 9.17) is 0 Å². The molecule has 22 heavy (non-hydrogen) atoms. The van der Waals surface area contributed by atoms with Gasteiger partial charge in [0.15, 0.2) is 0 Å². The summed E-state index contributed by atoms with van der Waals surface area (Å²) in [5, 5.41) is 0. The van der Waals surface area contributed by atoms with E-state index < -0.39 is 0 Å². The Labute approximate surface area is 134 Å². The molecule has 2 fully saturated rings. The van der Waals surface area contributed by atoms with Gasteiger partial charge in [-0.05, 0) is 19.8 Å². The van der Waals surface area contributed by atoms with E-state index in [0.29, 0.717) is 18.0 Å². The van der Waals surface area contributed by atoms with Gasteiger partial charge in [0.25, 0.3) is 0 Å². The number of H-pyrrole nitrogens is 1. The standard InChI is InChI=1S/C18H30N4/c1-3-11-21-12-13-22(14-15(21)2)17-8-6-4-5-7-16(17)18-19-9-10-20-18/h3,9-10,15-17H,1,4-8,11-14H2,2H3,(H,19,20). The number of piperazine rings is 1. The summed E-state index contributed by atoms with van der Waals surface area (Å²) in [5.74, 6) is 1.78. The van der Waals surface area contributed by atoms with Crippen molar-refractivity contribution >= 4 is 0 Å². The highest BCUT2D eigenvalue weighted by Gasteiger charge is 2.34. The summed E-state index contributed by atoms with van der Waals surface area (Å²) in [6.07, 6.45) is 12.6. The molecule has 1 aromatic heterocycles. The maximum absolute atomic E-state index is 4.58. The van der Waals surface area contributed by atoms with Crippen LogP contribution in [-0.4, -0.2) is 58.0 Å². The van der Waals surface area contributed by atoms with Crippen LogP contribution in [-0.2, 0) is 0 Å². The van der Waals surface area contributed by atoms with Crippen LogP contribution in [0.25, 0.3) is 0 Å². The lowest BCUT2D eigenvalue weighted by atomic mass is 9.91. The molecule has 1 saturated carbocycles. The highest BCUT2D eigenvalue weighted by Crippen LogP contribution is 2.34. The van der Waals surface area contributed by atoms with Crippen molar-refractivity contribution in [1.82, 2.24) is 19.8 Å². The average Bonchev–Trinajstić information content (AvgIpc) is 2.94. The Balaban J connectivity index is 1.71. The van der Waals surface area contributed by atoms with Crippen LogP contribution in [0, 0.1) is 0 Å². The number of rotatable bonds is 4. The minimum atomic E-state index is 0.579. The summed E-state index contributed by atoms with van der Waals surface area (Å²) in [6.45, 7) is 10.8. The van der Waals surface area contributed by atoms with Gasteiger partial charge in [0, 0.05) is 56.6 Å². The Morgan fingerprint density at radius 2 is 2.18 bits per heavy atom. The molecule has 2 aliphatic rings. The third-order valence-electron chi connectivity index (χ3n) is 5.48. The normalized spacial score (nSPS) is 31.8. The highest BCUT2D eigenvalue weighted by molar-refractivity contribution is 5.04. The van der Waals surface area contributed by atoms with Crippen molar-refractivity contribution < 1.29 is 0 Å². The number of hydrogen-bond donors (Lipinski definition) is 1. The van der Waals surface area contributed by atoms with Gasteiger partial charge in [0.2, 0.25) is 0 Å². The first kappa shape index (κ1) is 15.8. The molecule has 1 aliphatic carbocycles. The van der Waals surface area contributed by atoms with Crippen molar-refractivity contribution in [3.63, 3.8) is 0 Å². The van der Waals surface area contributed by atoms with E-state index in [-0.39, 0.29) is 0 Å². The van der Waals surface area contributed by atoms with Gasteiger partial charge in [-0.15, -0.1) is 6.58 Å². The molecule has 3 atom stereocenters. The van der Waals surface area contributed by atoms with Crippen molar-refractivity contribution in [2.75, 3.05) is 26.2 Å². The van der Waals surface area contributed by atoms with Crippen LogP contribution in [0.15, 0.2) is 25.0 Å². The van der Waals surface area contributed by atoms with E-state index in [0.717, 1.165) is 13.1 Å². The van der Waals surface area contributed by atoms with Crippen LogP contribution in [0.2, 0.25) is 0 Å². The molecular weight excluding hydrogens is 272 g/mol. The minimum absolute atomic E-state index is 0.579. The van der Waals surface area contributed by atoms with Gasteiger partial charge in [-0.2, -0.15) is 0 Å². The molecule has 0 spiro atoms. The van der Waals surface area contributed by atoms with Crippen molar-refractivity contribution in [1.29, 1.82) is 0 Å². The number of aromatic amines is 1. The molecule has 1 N–H and O–H groups in total. The fourth-order valence-corrected chi connectivity index (χ4v) is 4.29. The quantitative estimate of drug-likeness (QED) is 0.686. The first-order valence-electron chi connectivity index (χ1n) is 8.88. The van der Waals surface area contributed by atoms with Crippen molar-refractivity contribution in [2.24, 2.45) is 0 Å². The molecule has 4 heteroatoms. The Morgan fingerprint density at radius 1 is 1.32 bits per heavy atom. The van der Waals surface area contributed by atoms with E-state index >= 15 is 0 Å². The van der Waals surface area contributed by atoms with Crippen molar-refractivity contribution in [3.8, 4) is 0 Å². The molecule has 3 rings (SSSR count).